The Hall–Kier alpha value is -3.80. The lowest BCUT2D eigenvalue weighted by Crippen LogP contribution is -2.20. The lowest BCUT2D eigenvalue weighted by atomic mass is 10.0. The molecule has 0 aromatic carbocycles. The monoisotopic (exact) mass is 392 g/mol. The summed E-state index contributed by atoms with van der Waals surface area (Å²) in [5.41, 5.74) is -0.307. The fourth-order valence-electron chi connectivity index (χ4n) is 1.81. The summed E-state index contributed by atoms with van der Waals surface area (Å²) >= 11 is 0. The molecule has 0 amide bonds. The van der Waals surface area contributed by atoms with Gasteiger partial charge in [0.1, 0.15) is 13.2 Å². The summed E-state index contributed by atoms with van der Waals surface area (Å²) in [5.74, 6) is -1.84. The lowest BCUT2D eigenvalue weighted by Gasteiger charge is -2.13. The summed E-state index contributed by atoms with van der Waals surface area (Å²) in [6, 6.07) is 0. The van der Waals surface area contributed by atoms with Crippen molar-refractivity contribution in [1.29, 1.82) is 0 Å². The van der Waals surface area contributed by atoms with E-state index < -0.39 is 11.9 Å². The van der Waals surface area contributed by atoms with Gasteiger partial charge in [0.2, 0.25) is 24.3 Å². The van der Waals surface area contributed by atoms with E-state index in [0.717, 1.165) is 0 Å². The smallest absolute Gasteiger partial charge is 0.334 e. The molecule has 0 spiro atoms. The molecule has 0 unspecified atom stereocenters. The maximum absolute atomic E-state index is 12.3. The largest absolute Gasteiger partial charge is 0.460 e. The van der Waals surface area contributed by atoms with Crippen molar-refractivity contribution in [1.82, 2.24) is 0 Å². The third kappa shape index (κ3) is 10.9. The Morgan fingerprint density at radius 2 is 0.893 bits per heavy atom. The van der Waals surface area contributed by atoms with Gasteiger partial charge in [-0.2, -0.15) is 0 Å². The zero-order valence-corrected chi connectivity index (χ0v) is 14.7. The van der Waals surface area contributed by atoms with Crippen LogP contribution in [0.25, 0.3) is 0 Å². The molecule has 0 saturated carbocycles. The number of isocyanates is 4. The van der Waals surface area contributed by atoms with E-state index in [1.165, 1.54) is 24.3 Å². The van der Waals surface area contributed by atoms with Gasteiger partial charge in [-0.15, -0.1) is 0 Å². The number of carbonyl (C=O) groups is 2. The molecule has 0 fully saturated rings. The predicted octanol–water partition coefficient (Wildman–Crippen LogP) is -0.507. The second-order valence-electron chi connectivity index (χ2n) is 4.62. The van der Waals surface area contributed by atoms with Crippen molar-refractivity contribution in [2.24, 2.45) is 20.0 Å². The van der Waals surface area contributed by atoms with Gasteiger partial charge in [0.15, 0.2) is 0 Å². The Balaban J connectivity index is 5.61. The van der Waals surface area contributed by atoms with Crippen LogP contribution in [0.3, 0.4) is 0 Å². The first kappa shape index (κ1) is 24.2. The molecule has 0 rings (SSSR count). The van der Waals surface area contributed by atoms with Gasteiger partial charge in [-0.25, -0.2) is 48.7 Å². The summed E-state index contributed by atoms with van der Waals surface area (Å²) in [4.78, 5) is 78.2. The molecule has 148 valence electrons. The van der Waals surface area contributed by atoms with E-state index in [1.807, 2.05) is 0 Å². The zero-order chi connectivity index (χ0) is 21.0. The third-order valence-electron chi connectivity index (χ3n) is 2.93. The van der Waals surface area contributed by atoms with E-state index in [9.17, 15) is 28.8 Å². The van der Waals surface area contributed by atoms with Crippen LogP contribution in [-0.2, 0) is 38.2 Å². The van der Waals surface area contributed by atoms with Crippen LogP contribution >= 0.6 is 0 Å². The van der Waals surface area contributed by atoms with Gasteiger partial charge in [-0.1, -0.05) is 0 Å². The van der Waals surface area contributed by atoms with Crippen LogP contribution < -0.4 is 0 Å². The van der Waals surface area contributed by atoms with Crippen LogP contribution in [-0.4, -0.2) is 75.7 Å². The van der Waals surface area contributed by atoms with Crippen molar-refractivity contribution in [3.8, 4) is 0 Å². The van der Waals surface area contributed by atoms with E-state index in [0.29, 0.717) is 0 Å². The molecule has 0 aliphatic rings. The van der Waals surface area contributed by atoms with Crippen molar-refractivity contribution in [3.63, 3.8) is 0 Å². The highest BCUT2D eigenvalue weighted by atomic mass is 16.5. The fraction of sp³-hybridized carbons (Fsp3) is 0.500. The van der Waals surface area contributed by atoms with Crippen LogP contribution in [0.4, 0.5) is 0 Å². The van der Waals surface area contributed by atoms with E-state index >= 15 is 0 Å². The molecule has 0 atom stereocenters. The highest BCUT2D eigenvalue weighted by molar-refractivity contribution is 6.00. The van der Waals surface area contributed by atoms with E-state index in [4.69, 9.17) is 9.47 Å². The lowest BCUT2D eigenvalue weighted by molar-refractivity contribution is -0.142. The molecule has 0 radical (unpaired) electrons. The van der Waals surface area contributed by atoms with E-state index in [2.05, 4.69) is 20.0 Å². The van der Waals surface area contributed by atoms with Gasteiger partial charge in [0.25, 0.3) is 0 Å². The molecule has 0 heterocycles. The Morgan fingerprint density at radius 1 is 0.571 bits per heavy atom. The molecule has 0 saturated heterocycles. The number of rotatable bonds is 14. The summed E-state index contributed by atoms with van der Waals surface area (Å²) < 4.78 is 9.84. The molecular formula is C16H16N4O8. The van der Waals surface area contributed by atoms with E-state index in [1.54, 1.807) is 0 Å². The number of hydrogen-bond acceptors (Lipinski definition) is 12. The first-order valence-electron chi connectivity index (χ1n) is 7.83. The number of nitrogens with zero attached hydrogens (tertiary/aromatic N) is 4. The minimum absolute atomic E-state index is 0.131. The SMILES string of the molecule is O=C=NCCOC(=O)/C(CCN=C=O)=C(\CCN=C=O)C(=O)OCCN=C=O. The molecule has 0 aromatic heterocycles. The van der Waals surface area contributed by atoms with Gasteiger partial charge < -0.3 is 9.47 Å². The van der Waals surface area contributed by atoms with Crippen molar-refractivity contribution >= 4 is 36.3 Å². The first-order chi connectivity index (χ1) is 13.6. The molecule has 0 aliphatic carbocycles. The van der Waals surface area contributed by atoms with Gasteiger partial charge in [0.05, 0.1) is 26.2 Å². The Labute approximate surface area is 158 Å². The number of carbonyl (C=O) groups excluding carboxylic acids is 6. The maximum atomic E-state index is 12.3. The number of ether oxygens (including phenoxy) is 2. The minimum Gasteiger partial charge on any atom is -0.460 e. The molecule has 12 nitrogen and oxygen atoms in total. The summed E-state index contributed by atoms with van der Waals surface area (Å²) in [6.07, 6.45) is 4.83. The second-order valence-corrected chi connectivity index (χ2v) is 4.62. The average molecular weight is 392 g/mol. The Kier molecular flexibility index (Phi) is 14.4. The molecule has 0 aromatic rings. The van der Waals surface area contributed by atoms with Crippen molar-refractivity contribution in [2.45, 2.75) is 12.8 Å². The quantitative estimate of drug-likeness (QED) is 0.125. The van der Waals surface area contributed by atoms with E-state index in [-0.39, 0.29) is 63.4 Å². The van der Waals surface area contributed by atoms with Crippen LogP contribution in [0.15, 0.2) is 31.1 Å². The van der Waals surface area contributed by atoms with Gasteiger partial charge in [0, 0.05) is 24.0 Å². The van der Waals surface area contributed by atoms with Crippen molar-refractivity contribution in [2.75, 3.05) is 39.4 Å². The standard InChI is InChI=1S/C16H16N4O8/c21-9-17-3-1-13(15(25)27-7-5-19-11-23)14(2-4-18-10-22)16(26)28-8-6-20-12-24/h1-8H2/b14-13+. The predicted molar refractivity (Wildman–Crippen MR) is 90.1 cm³/mol. The number of hydrogen-bond donors (Lipinski definition) is 0. The second kappa shape index (κ2) is 16.7. The summed E-state index contributed by atoms with van der Waals surface area (Å²) in [6.45, 7) is -1.09. The highest BCUT2D eigenvalue weighted by Crippen LogP contribution is 2.17. The molecular weight excluding hydrogens is 376 g/mol. The normalized spacial score (nSPS) is 10.0. The van der Waals surface area contributed by atoms with Gasteiger partial charge in [-0.3, -0.25) is 0 Å². The number of aliphatic imine (C=N–C) groups is 4. The third-order valence-corrected chi connectivity index (χ3v) is 2.93. The minimum atomic E-state index is -0.921. The number of esters is 2. The summed E-state index contributed by atoms with van der Waals surface area (Å²) in [5, 5.41) is 0. The van der Waals surface area contributed by atoms with Gasteiger partial charge >= 0.3 is 11.9 Å². The Bertz CT molecular complexity index is 702. The molecule has 0 aliphatic heterocycles. The van der Waals surface area contributed by atoms with Gasteiger partial charge in [-0.05, 0) is 0 Å². The molecule has 12 heteroatoms. The first-order valence-corrected chi connectivity index (χ1v) is 7.83. The molecule has 0 bridgehead atoms. The topological polar surface area (TPSA) is 170 Å². The Morgan fingerprint density at radius 3 is 1.21 bits per heavy atom. The average Bonchev–Trinajstić information content (AvgIpc) is 2.69. The molecule has 28 heavy (non-hydrogen) atoms. The van der Waals surface area contributed by atoms with Crippen molar-refractivity contribution in [3.05, 3.63) is 11.1 Å². The molecule has 0 N–H and O–H groups in total. The highest BCUT2D eigenvalue weighted by Gasteiger charge is 2.23. The fourth-order valence-corrected chi connectivity index (χ4v) is 1.81. The zero-order valence-electron chi connectivity index (χ0n) is 14.7. The van der Waals surface area contributed by atoms with Crippen LogP contribution in [0.2, 0.25) is 0 Å². The van der Waals surface area contributed by atoms with Crippen LogP contribution in [0.1, 0.15) is 12.8 Å². The maximum Gasteiger partial charge on any atom is 0.334 e. The summed E-state index contributed by atoms with van der Waals surface area (Å²) in [7, 11) is 0. The van der Waals surface area contributed by atoms with Crippen LogP contribution in [0, 0.1) is 0 Å². The van der Waals surface area contributed by atoms with Crippen molar-refractivity contribution < 1.29 is 38.2 Å². The van der Waals surface area contributed by atoms with Crippen LogP contribution in [0.5, 0.6) is 0 Å².